The lowest BCUT2D eigenvalue weighted by Gasteiger charge is -2.46. The van der Waals surface area contributed by atoms with Crippen LogP contribution in [0, 0.1) is 0 Å². The summed E-state index contributed by atoms with van der Waals surface area (Å²) < 4.78 is 0. The maximum absolute atomic E-state index is 13.3. The molecule has 2 amide bonds. The monoisotopic (exact) mass is 392 g/mol. The second kappa shape index (κ2) is 8.83. The van der Waals surface area contributed by atoms with E-state index in [0.29, 0.717) is 18.0 Å². The largest absolute Gasteiger partial charge is 0.480 e. The van der Waals surface area contributed by atoms with E-state index in [9.17, 15) is 14.7 Å². The van der Waals surface area contributed by atoms with Gasteiger partial charge in [0.1, 0.15) is 5.54 Å². The summed E-state index contributed by atoms with van der Waals surface area (Å²) in [6, 6.07) is 7.69. The number of aliphatic carboxylic acids is 1. The maximum Gasteiger partial charge on any atom is 0.329 e. The summed E-state index contributed by atoms with van der Waals surface area (Å²) in [6.07, 6.45) is 1.55. The van der Waals surface area contributed by atoms with Crippen LogP contribution < -0.4 is 0 Å². The predicted molar refractivity (Wildman–Crippen MR) is 113 cm³/mol. The molecule has 1 aromatic rings. The molecule has 0 saturated carbocycles. The molecule has 0 aliphatic carbocycles. The number of aryl methyl sites for hydroxylation is 1. The summed E-state index contributed by atoms with van der Waals surface area (Å²) >= 11 is 4.30. The lowest BCUT2D eigenvalue weighted by Crippen LogP contribution is -2.63. The SMILES string of the molecule is C=C(S)N(CCc1ccccc1CC)C(=O)N(C(C)(C)C)C(C)(C)C(=O)O. The minimum Gasteiger partial charge on any atom is -0.480 e. The number of carboxylic acid groups (broad SMARTS) is 1. The van der Waals surface area contributed by atoms with E-state index < -0.39 is 23.1 Å². The molecule has 1 aromatic carbocycles. The number of hydrogen-bond acceptors (Lipinski definition) is 3. The summed E-state index contributed by atoms with van der Waals surface area (Å²) in [5.74, 6) is -1.06. The summed E-state index contributed by atoms with van der Waals surface area (Å²) in [5.41, 5.74) is 0.320. The number of carbonyl (C=O) groups excluding carboxylic acids is 1. The van der Waals surface area contributed by atoms with E-state index in [1.807, 2.05) is 39.0 Å². The molecule has 1 rings (SSSR count). The van der Waals surface area contributed by atoms with E-state index in [1.54, 1.807) is 0 Å². The molecule has 0 radical (unpaired) electrons. The lowest BCUT2D eigenvalue weighted by molar-refractivity contribution is -0.150. The molecule has 0 unspecified atom stereocenters. The number of hydrogen-bond donors (Lipinski definition) is 2. The number of carbonyl (C=O) groups is 2. The first kappa shape index (κ1) is 23.1. The van der Waals surface area contributed by atoms with Gasteiger partial charge in [-0.05, 0) is 58.6 Å². The van der Waals surface area contributed by atoms with Crippen LogP contribution >= 0.6 is 12.6 Å². The Kier molecular flexibility index (Phi) is 7.55. The fraction of sp³-hybridized carbons (Fsp3) is 0.524. The van der Waals surface area contributed by atoms with Gasteiger partial charge in [0, 0.05) is 12.1 Å². The Morgan fingerprint density at radius 1 is 1.11 bits per heavy atom. The van der Waals surface area contributed by atoms with Gasteiger partial charge < -0.3 is 10.0 Å². The van der Waals surface area contributed by atoms with Gasteiger partial charge in [-0.1, -0.05) is 37.8 Å². The molecule has 5 nitrogen and oxygen atoms in total. The molecular formula is C21H32N2O3S. The number of thiol groups is 1. The van der Waals surface area contributed by atoms with Gasteiger partial charge in [0.25, 0.3) is 0 Å². The molecule has 0 saturated heterocycles. The Morgan fingerprint density at radius 2 is 1.63 bits per heavy atom. The Hall–Kier alpha value is -1.95. The first-order valence-electron chi connectivity index (χ1n) is 9.13. The smallest absolute Gasteiger partial charge is 0.329 e. The van der Waals surface area contributed by atoms with Crippen LogP contribution in [0.5, 0.6) is 0 Å². The summed E-state index contributed by atoms with van der Waals surface area (Å²) in [7, 11) is 0. The highest BCUT2D eigenvalue weighted by molar-refractivity contribution is 7.84. The average molecular weight is 393 g/mol. The molecular weight excluding hydrogens is 360 g/mol. The zero-order valence-corrected chi connectivity index (χ0v) is 18.1. The van der Waals surface area contributed by atoms with Gasteiger partial charge in [0.05, 0.1) is 5.03 Å². The van der Waals surface area contributed by atoms with Gasteiger partial charge in [0.15, 0.2) is 0 Å². The second-order valence-corrected chi connectivity index (χ2v) is 8.61. The molecule has 1 N–H and O–H groups in total. The molecule has 0 fully saturated rings. The Bertz CT molecular complexity index is 708. The van der Waals surface area contributed by atoms with Crippen molar-refractivity contribution in [1.82, 2.24) is 9.80 Å². The highest BCUT2D eigenvalue weighted by atomic mass is 32.1. The first-order chi connectivity index (χ1) is 12.3. The summed E-state index contributed by atoms with van der Waals surface area (Å²) in [6.45, 7) is 14.8. The van der Waals surface area contributed by atoms with Gasteiger partial charge in [-0.15, -0.1) is 12.6 Å². The normalized spacial score (nSPS) is 11.8. The van der Waals surface area contributed by atoms with Gasteiger partial charge in [-0.25, -0.2) is 9.59 Å². The van der Waals surface area contributed by atoms with Crippen molar-refractivity contribution in [2.75, 3.05) is 6.54 Å². The molecule has 150 valence electrons. The van der Waals surface area contributed by atoms with Crippen LogP contribution in [0.1, 0.15) is 52.7 Å². The van der Waals surface area contributed by atoms with Crippen LogP contribution in [-0.4, -0.2) is 44.5 Å². The van der Waals surface area contributed by atoms with Crippen LogP contribution in [0.15, 0.2) is 35.9 Å². The van der Waals surface area contributed by atoms with Crippen molar-refractivity contribution in [3.63, 3.8) is 0 Å². The van der Waals surface area contributed by atoms with Crippen molar-refractivity contribution in [2.45, 2.75) is 65.5 Å². The van der Waals surface area contributed by atoms with Crippen LogP contribution in [-0.2, 0) is 17.6 Å². The van der Waals surface area contributed by atoms with E-state index in [1.165, 1.54) is 29.2 Å². The number of urea groups is 1. The molecule has 0 spiro atoms. The molecule has 0 heterocycles. The lowest BCUT2D eigenvalue weighted by atomic mass is 9.95. The van der Waals surface area contributed by atoms with Crippen LogP contribution in [0.25, 0.3) is 0 Å². The van der Waals surface area contributed by atoms with E-state index in [-0.39, 0.29) is 0 Å². The third kappa shape index (κ3) is 5.51. The highest BCUT2D eigenvalue weighted by Crippen LogP contribution is 2.29. The zero-order valence-electron chi connectivity index (χ0n) is 17.2. The van der Waals surface area contributed by atoms with Crippen molar-refractivity contribution in [1.29, 1.82) is 0 Å². The fourth-order valence-corrected chi connectivity index (χ4v) is 3.48. The van der Waals surface area contributed by atoms with Gasteiger partial charge in [-0.2, -0.15) is 0 Å². The predicted octanol–water partition coefficient (Wildman–Crippen LogP) is 4.58. The van der Waals surface area contributed by atoms with Crippen molar-refractivity contribution in [3.05, 3.63) is 47.0 Å². The third-order valence-corrected chi connectivity index (χ3v) is 4.83. The number of carboxylic acids is 1. The molecule has 0 atom stereocenters. The third-order valence-electron chi connectivity index (χ3n) is 4.59. The molecule has 0 aromatic heterocycles. The minimum atomic E-state index is -1.38. The van der Waals surface area contributed by atoms with Crippen molar-refractivity contribution >= 4 is 24.6 Å². The van der Waals surface area contributed by atoms with Gasteiger partial charge >= 0.3 is 12.0 Å². The number of benzene rings is 1. The molecule has 0 aliphatic rings. The summed E-state index contributed by atoms with van der Waals surface area (Å²) in [5, 5.41) is 9.96. The highest BCUT2D eigenvalue weighted by Gasteiger charge is 2.45. The number of rotatable bonds is 7. The van der Waals surface area contributed by atoms with Crippen molar-refractivity contribution < 1.29 is 14.7 Å². The van der Waals surface area contributed by atoms with Gasteiger partial charge in [-0.3, -0.25) is 4.90 Å². The maximum atomic E-state index is 13.3. The van der Waals surface area contributed by atoms with Crippen LogP contribution in [0.2, 0.25) is 0 Å². The fourth-order valence-electron chi connectivity index (χ4n) is 3.29. The van der Waals surface area contributed by atoms with Gasteiger partial charge in [0.2, 0.25) is 0 Å². The van der Waals surface area contributed by atoms with Crippen molar-refractivity contribution in [3.8, 4) is 0 Å². The Balaban J connectivity index is 3.18. The topological polar surface area (TPSA) is 60.9 Å². The molecule has 6 heteroatoms. The van der Waals surface area contributed by atoms with E-state index in [0.717, 1.165) is 12.0 Å². The number of nitrogens with zero attached hydrogens (tertiary/aromatic N) is 2. The molecule has 27 heavy (non-hydrogen) atoms. The standard InChI is InChI=1S/C21H32N2O3S/c1-8-16-11-9-10-12-17(16)13-14-22(15(2)27)19(26)23(20(3,4)5)21(6,7)18(24)25/h9-12,27H,2,8,13-14H2,1,3-7H3,(H,24,25). The molecule has 0 aliphatic heterocycles. The zero-order chi connectivity index (χ0) is 21.0. The molecule has 0 bridgehead atoms. The van der Waals surface area contributed by atoms with Crippen molar-refractivity contribution in [2.24, 2.45) is 0 Å². The average Bonchev–Trinajstić information content (AvgIpc) is 2.53. The quantitative estimate of drug-likeness (QED) is 0.668. The van der Waals surface area contributed by atoms with Crippen LogP contribution in [0.4, 0.5) is 4.79 Å². The van der Waals surface area contributed by atoms with E-state index in [2.05, 4.69) is 32.2 Å². The number of amides is 2. The second-order valence-electron chi connectivity index (χ2n) is 8.09. The van der Waals surface area contributed by atoms with E-state index >= 15 is 0 Å². The Morgan fingerprint density at radius 3 is 2.04 bits per heavy atom. The van der Waals surface area contributed by atoms with E-state index in [4.69, 9.17) is 0 Å². The minimum absolute atomic E-state index is 0.296. The first-order valence-corrected chi connectivity index (χ1v) is 9.58. The Labute approximate surface area is 168 Å². The van der Waals surface area contributed by atoms with Crippen LogP contribution in [0.3, 0.4) is 0 Å². The summed E-state index contributed by atoms with van der Waals surface area (Å²) in [4.78, 5) is 28.0.